The fourth-order valence-electron chi connectivity index (χ4n) is 2.60. The van der Waals surface area contributed by atoms with Crippen LogP contribution in [0.5, 0.6) is 0 Å². The Morgan fingerprint density at radius 3 is 2.83 bits per heavy atom. The Kier molecular flexibility index (Phi) is 5.92. The lowest BCUT2D eigenvalue weighted by molar-refractivity contribution is 0.0398. The number of ether oxygens (including phenoxy) is 1. The number of nitrogens with one attached hydrogen (secondary N) is 2. The summed E-state index contributed by atoms with van der Waals surface area (Å²) < 4.78 is 5.37. The Morgan fingerprint density at radius 2 is 2.08 bits per heavy atom. The first kappa shape index (κ1) is 16.6. The summed E-state index contributed by atoms with van der Waals surface area (Å²) in [5.41, 5.74) is 1.85. The van der Waals surface area contributed by atoms with E-state index >= 15 is 0 Å². The minimum atomic E-state index is 0.632. The summed E-state index contributed by atoms with van der Waals surface area (Å²) in [5.74, 6) is 1.46. The van der Waals surface area contributed by atoms with Gasteiger partial charge < -0.3 is 15.4 Å². The molecule has 0 atom stereocenters. The largest absolute Gasteiger partial charge is 0.379 e. The summed E-state index contributed by atoms with van der Waals surface area (Å²) in [7, 11) is 0. The van der Waals surface area contributed by atoms with Gasteiger partial charge in [-0.05, 0) is 19.1 Å². The van der Waals surface area contributed by atoms with Gasteiger partial charge in [-0.3, -0.25) is 9.88 Å². The monoisotopic (exact) mass is 328 g/mol. The van der Waals surface area contributed by atoms with Gasteiger partial charge in [0.1, 0.15) is 5.82 Å². The van der Waals surface area contributed by atoms with Gasteiger partial charge in [0.2, 0.25) is 5.95 Å². The highest BCUT2D eigenvalue weighted by atomic mass is 16.5. The molecule has 0 unspecified atom stereocenters. The average molecular weight is 328 g/mol. The molecule has 7 nitrogen and oxygen atoms in total. The van der Waals surface area contributed by atoms with Crippen molar-refractivity contribution in [2.45, 2.75) is 6.92 Å². The van der Waals surface area contributed by atoms with Crippen LogP contribution in [0.3, 0.4) is 0 Å². The highest BCUT2D eigenvalue weighted by Crippen LogP contribution is 2.20. The number of hydrogen-bond acceptors (Lipinski definition) is 7. The Labute approximate surface area is 142 Å². The quantitative estimate of drug-likeness (QED) is 0.801. The SMILES string of the molecule is CCNc1nc(NCCN2CCOCC2)cc(-c2cccnc2)n1. The van der Waals surface area contributed by atoms with Crippen molar-refractivity contribution in [2.75, 3.05) is 56.6 Å². The third-order valence-electron chi connectivity index (χ3n) is 3.86. The van der Waals surface area contributed by atoms with Gasteiger partial charge in [-0.25, -0.2) is 4.98 Å². The molecule has 128 valence electrons. The summed E-state index contributed by atoms with van der Waals surface area (Å²) >= 11 is 0. The van der Waals surface area contributed by atoms with Crippen LogP contribution in [0.25, 0.3) is 11.3 Å². The molecule has 0 spiro atoms. The van der Waals surface area contributed by atoms with Gasteiger partial charge in [-0.1, -0.05) is 0 Å². The lowest BCUT2D eigenvalue weighted by Crippen LogP contribution is -2.39. The molecule has 0 radical (unpaired) electrons. The Bertz CT molecular complexity index is 630. The number of pyridine rings is 1. The predicted molar refractivity (Wildman–Crippen MR) is 95.2 cm³/mol. The second-order valence-electron chi connectivity index (χ2n) is 5.61. The molecule has 2 N–H and O–H groups in total. The first-order valence-electron chi connectivity index (χ1n) is 8.42. The van der Waals surface area contributed by atoms with Crippen LogP contribution in [0.15, 0.2) is 30.6 Å². The summed E-state index contributed by atoms with van der Waals surface area (Å²) in [6, 6.07) is 5.88. The molecule has 1 fully saturated rings. The van der Waals surface area contributed by atoms with Gasteiger partial charge in [0.05, 0.1) is 18.9 Å². The van der Waals surface area contributed by atoms with Crippen LogP contribution < -0.4 is 10.6 Å². The van der Waals surface area contributed by atoms with Crippen LogP contribution in [0.4, 0.5) is 11.8 Å². The topological polar surface area (TPSA) is 75.2 Å². The normalized spacial score (nSPS) is 15.2. The van der Waals surface area contributed by atoms with E-state index in [2.05, 4.69) is 30.5 Å². The molecule has 0 amide bonds. The van der Waals surface area contributed by atoms with Crippen molar-refractivity contribution in [2.24, 2.45) is 0 Å². The minimum Gasteiger partial charge on any atom is -0.379 e. The zero-order chi connectivity index (χ0) is 16.6. The maximum Gasteiger partial charge on any atom is 0.225 e. The van der Waals surface area contributed by atoms with Crippen LogP contribution >= 0.6 is 0 Å². The summed E-state index contributed by atoms with van der Waals surface area (Å²) in [5, 5.41) is 6.60. The van der Waals surface area contributed by atoms with Crippen molar-refractivity contribution in [3.05, 3.63) is 30.6 Å². The van der Waals surface area contributed by atoms with Gasteiger partial charge in [-0.15, -0.1) is 0 Å². The summed E-state index contributed by atoms with van der Waals surface area (Å²) in [6.07, 6.45) is 3.58. The van der Waals surface area contributed by atoms with E-state index in [4.69, 9.17) is 4.74 Å². The molecule has 3 rings (SSSR count). The molecular formula is C17H24N6O. The molecule has 7 heteroatoms. The number of morpholine rings is 1. The highest BCUT2D eigenvalue weighted by molar-refractivity contribution is 5.63. The van der Waals surface area contributed by atoms with Gasteiger partial charge in [0, 0.05) is 56.7 Å². The minimum absolute atomic E-state index is 0.632. The van der Waals surface area contributed by atoms with Gasteiger partial charge in [0.25, 0.3) is 0 Å². The van der Waals surface area contributed by atoms with E-state index < -0.39 is 0 Å². The van der Waals surface area contributed by atoms with E-state index in [0.29, 0.717) is 5.95 Å². The smallest absolute Gasteiger partial charge is 0.225 e. The molecule has 1 saturated heterocycles. The summed E-state index contributed by atoms with van der Waals surface area (Å²) in [4.78, 5) is 15.7. The molecule has 24 heavy (non-hydrogen) atoms. The third-order valence-corrected chi connectivity index (χ3v) is 3.86. The first-order valence-corrected chi connectivity index (χ1v) is 8.42. The van der Waals surface area contributed by atoms with Crippen LogP contribution in [-0.4, -0.2) is 65.8 Å². The van der Waals surface area contributed by atoms with Crippen LogP contribution in [0.1, 0.15) is 6.92 Å². The first-order chi connectivity index (χ1) is 11.8. The number of aromatic nitrogens is 3. The fraction of sp³-hybridized carbons (Fsp3) is 0.471. The van der Waals surface area contributed by atoms with Crippen LogP contribution in [0.2, 0.25) is 0 Å². The molecule has 0 bridgehead atoms. The Balaban J connectivity index is 1.68. The predicted octanol–water partition coefficient (Wildman–Crippen LogP) is 1.71. The number of anilines is 2. The zero-order valence-electron chi connectivity index (χ0n) is 14.0. The highest BCUT2D eigenvalue weighted by Gasteiger charge is 2.10. The number of rotatable bonds is 7. The molecule has 2 aromatic heterocycles. The van der Waals surface area contributed by atoms with Gasteiger partial charge in [0.15, 0.2) is 0 Å². The standard InChI is InChI=1S/C17H24N6O/c1-2-19-17-21-15(14-4-3-5-18-13-14)12-16(22-17)20-6-7-23-8-10-24-11-9-23/h3-5,12-13H,2,6-11H2,1H3,(H2,19,20,21,22). The van der Waals surface area contributed by atoms with Crippen molar-refractivity contribution in [1.82, 2.24) is 19.9 Å². The molecule has 0 saturated carbocycles. The Hall–Kier alpha value is -2.25. The van der Waals surface area contributed by atoms with Gasteiger partial charge >= 0.3 is 0 Å². The fourth-order valence-corrected chi connectivity index (χ4v) is 2.60. The van der Waals surface area contributed by atoms with Crippen LogP contribution in [0, 0.1) is 0 Å². The molecule has 0 aliphatic carbocycles. The lowest BCUT2D eigenvalue weighted by atomic mass is 10.2. The van der Waals surface area contributed by atoms with Crippen molar-refractivity contribution in [3.63, 3.8) is 0 Å². The van der Waals surface area contributed by atoms with E-state index in [-0.39, 0.29) is 0 Å². The van der Waals surface area contributed by atoms with Crippen molar-refractivity contribution in [1.29, 1.82) is 0 Å². The maximum absolute atomic E-state index is 5.37. The van der Waals surface area contributed by atoms with E-state index in [0.717, 1.165) is 63.0 Å². The molecule has 2 aromatic rings. The van der Waals surface area contributed by atoms with E-state index in [1.807, 2.05) is 31.3 Å². The summed E-state index contributed by atoms with van der Waals surface area (Å²) in [6.45, 7) is 8.27. The van der Waals surface area contributed by atoms with Crippen molar-refractivity contribution < 1.29 is 4.74 Å². The number of nitrogens with zero attached hydrogens (tertiary/aromatic N) is 4. The molecule has 1 aliphatic heterocycles. The second kappa shape index (κ2) is 8.56. The molecule has 3 heterocycles. The van der Waals surface area contributed by atoms with Gasteiger partial charge in [-0.2, -0.15) is 4.98 Å². The molecule has 1 aliphatic rings. The average Bonchev–Trinajstić information content (AvgIpc) is 2.63. The molecular weight excluding hydrogens is 304 g/mol. The second-order valence-corrected chi connectivity index (χ2v) is 5.61. The third kappa shape index (κ3) is 4.62. The van der Waals surface area contributed by atoms with E-state index in [1.54, 1.807) is 6.20 Å². The van der Waals surface area contributed by atoms with Crippen LogP contribution in [-0.2, 0) is 4.74 Å². The molecule has 0 aromatic carbocycles. The van der Waals surface area contributed by atoms with E-state index in [9.17, 15) is 0 Å². The zero-order valence-corrected chi connectivity index (χ0v) is 14.0. The Morgan fingerprint density at radius 1 is 1.21 bits per heavy atom. The van der Waals surface area contributed by atoms with E-state index in [1.165, 1.54) is 0 Å². The van der Waals surface area contributed by atoms with Crippen molar-refractivity contribution in [3.8, 4) is 11.3 Å². The maximum atomic E-state index is 5.37. The van der Waals surface area contributed by atoms with Crippen molar-refractivity contribution >= 4 is 11.8 Å². The number of hydrogen-bond donors (Lipinski definition) is 2. The lowest BCUT2D eigenvalue weighted by Gasteiger charge is -2.26.